The first-order valence-electron chi connectivity index (χ1n) is 16.6. The van der Waals surface area contributed by atoms with Crippen LogP contribution in [0.3, 0.4) is 0 Å². The Bertz CT molecular complexity index is 1580. The van der Waals surface area contributed by atoms with E-state index < -0.39 is 17.6 Å². The summed E-state index contributed by atoms with van der Waals surface area (Å²) in [7, 11) is 0. The second-order valence-electron chi connectivity index (χ2n) is 13.3. The first-order chi connectivity index (χ1) is 22.7. The molecule has 0 aliphatic carbocycles. The fraction of sp³-hybridized carbons (Fsp3) is 0.432. The molecule has 0 spiro atoms. The van der Waals surface area contributed by atoms with Gasteiger partial charge < -0.3 is 25.1 Å². The molecule has 0 bridgehead atoms. The highest BCUT2D eigenvalue weighted by atomic mass is 35.5. The van der Waals surface area contributed by atoms with Gasteiger partial charge in [0.25, 0.3) is 5.91 Å². The van der Waals surface area contributed by atoms with E-state index in [4.69, 9.17) is 23.2 Å². The molecular weight excluding hydrogens is 635 g/mol. The standard InChI is InChI=1S/C37H42Cl2N4O4/c38-30-15-14-29(25-31(30)39)36(17-24-42(26-36)33(44)27-9-3-1-4-10-27)16-21-41-22-18-37(19-23-41,28-11-5-2-6-12-28)40-35(47)43-20-8-7-13-32(43)34(45)46/h1-6,9-12,14-15,25,32H,7-8,13,16-24,26H2,(H,40,47)(H,45,46). The fourth-order valence-electron chi connectivity index (χ4n) is 7.70. The molecular formula is C37H42Cl2N4O4. The molecule has 3 aliphatic heterocycles. The van der Waals surface area contributed by atoms with Crippen LogP contribution in [-0.2, 0) is 15.7 Å². The molecule has 2 N–H and O–H groups in total. The van der Waals surface area contributed by atoms with Crippen molar-refractivity contribution in [3.8, 4) is 0 Å². The van der Waals surface area contributed by atoms with E-state index in [2.05, 4.69) is 22.3 Å². The molecule has 2 unspecified atom stereocenters. The number of amides is 3. The number of benzene rings is 3. The van der Waals surface area contributed by atoms with Crippen LogP contribution in [0.1, 0.15) is 66.4 Å². The van der Waals surface area contributed by atoms with Gasteiger partial charge in [0.15, 0.2) is 0 Å². The Hall–Kier alpha value is -3.59. The summed E-state index contributed by atoms with van der Waals surface area (Å²) in [5, 5.41) is 14.1. The number of carbonyl (C=O) groups excluding carboxylic acids is 2. The topological polar surface area (TPSA) is 93.2 Å². The Morgan fingerprint density at radius 3 is 2.19 bits per heavy atom. The first kappa shape index (κ1) is 33.3. The van der Waals surface area contributed by atoms with E-state index >= 15 is 0 Å². The molecule has 3 aromatic carbocycles. The second-order valence-corrected chi connectivity index (χ2v) is 14.1. The highest BCUT2D eigenvalue weighted by molar-refractivity contribution is 6.42. The molecule has 47 heavy (non-hydrogen) atoms. The van der Waals surface area contributed by atoms with E-state index in [0.29, 0.717) is 54.5 Å². The third kappa shape index (κ3) is 7.15. The van der Waals surface area contributed by atoms with Gasteiger partial charge in [-0.3, -0.25) is 4.79 Å². The Labute approximate surface area is 286 Å². The minimum absolute atomic E-state index is 0.0349. The van der Waals surface area contributed by atoms with Crippen LogP contribution in [0.4, 0.5) is 4.79 Å². The maximum Gasteiger partial charge on any atom is 0.326 e. The van der Waals surface area contributed by atoms with Gasteiger partial charge in [0.1, 0.15) is 6.04 Å². The Morgan fingerprint density at radius 2 is 1.51 bits per heavy atom. The summed E-state index contributed by atoms with van der Waals surface area (Å²) in [5.74, 6) is -0.914. The van der Waals surface area contributed by atoms with Crippen molar-refractivity contribution in [2.24, 2.45) is 0 Å². The minimum atomic E-state index is -0.949. The summed E-state index contributed by atoms with van der Waals surface area (Å²) >= 11 is 12.8. The third-order valence-corrected chi connectivity index (χ3v) is 11.3. The Balaban J connectivity index is 1.18. The van der Waals surface area contributed by atoms with Gasteiger partial charge in [-0.1, -0.05) is 77.8 Å². The van der Waals surface area contributed by atoms with Crippen LogP contribution >= 0.6 is 23.2 Å². The third-order valence-electron chi connectivity index (χ3n) is 10.5. The molecule has 248 valence electrons. The molecule has 3 heterocycles. The number of nitrogens with zero attached hydrogens (tertiary/aromatic N) is 3. The normalized spacial score (nSPS) is 23.0. The zero-order valence-electron chi connectivity index (χ0n) is 26.5. The zero-order valence-corrected chi connectivity index (χ0v) is 28.1. The number of carboxylic acid groups (broad SMARTS) is 1. The van der Waals surface area contributed by atoms with Gasteiger partial charge in [-0.25, -0.2) is 9.59 Å². The van der Waals surface area contributed by atoms with Crippen molar-refractivity contribution in [1.29, 1.82) is 0 Å². The van der Waals surface area contributed by atoms with Crippen molar-refractivity contribution >= 4 is 41.1 Å². The zero-order chi connectivity index (χ0) is 33.0. The number of rotatable bonds is 8. The molecule has 10 heteroatoms. The van der Waals surface area contributed by atoms with Crippen LogP contribution in [0, 0.1) is 0 Å². The van der Waals surface area contributed by atoms with E-state index in [-0.39, 0.29) is 17.4 Å². The lowest BCUT2D eigenvalue weighted by Gasteiger charge is -2.45. The molecule has 3 aliphatic rings. The molecule has 0 aromatic heterocycles. The number of hydrogen-bond donors (Lipinski definition) is 2. The largest absolute Gasteiger partial charge is 0.480 e. The van der Waals surface area contributed by atoms with Crippen molar-refractivity contribution in [3.63, 3.8) is 0 Å². The number of carboxylic acids is 1. The minimum Gasteiger partial charge on any atom is -0.480 e. The van der Waals surface area contributed by atoms with Crippen molar-refractivity contribution in [3.05, 3.63) is 106 Å². The molecule has 6 rings (SSSR count). The fourth-order valence-corrected chi connectivity index (χ4v) is 8.00. The smallest absolute Gasteiger partial charge is 0.326 e. The maximum absolute atomic E-state index is 13.7. The number of nitrogens with one attached hydrogen (secondary N) is 1. The van der Waals surface area contributed by atoms with Crippen molar-refractivity contribution in [2.45, 2.75) is 61.9 Å². The predicted molar refractivity (Wildman–Crippen MR) is 184 cm³/mol. The number of aliphatic carboxylic acids is 1. The van der Waals surface area contributed by atoms with E-state index in [1.807, 2.05) is 71.6 Å². The Morgan fingerprint density at radius 1 is 0.809 bits per heavy atom. The number of halogens is 2. The van der Waals surface area contributed by atoms with E-state index in [0.717, 1.165) is 56.4 Å². The van der Waals surface area contributed by atoms with Crippen LogP contribution in [0.2, 0.25) is 10.0 Å². The molecule has 3 fully saturated rings. The number of carbonyl (C=O) groups is 3. The monoisotopic (exact) mass is 676 g/mol. The highest BCUT2D eigenvalue weighted by Crippen LogP contribution is 2.41. The summed E-state index contributed by atoms with van der Waals surface area (Å²) in [6, 6.07) is 24.2. The highest BCUT2D eigenvalue weighted by Gasteiger charge is 2.44. The summed E-state index contributed by atoms with van der Waals surface area (Å²) in [5.41, 5.74) is 1.94. The van der Waals surface area contributed by atoms with Gasteiger partial charge in [-0.2, -0.15) is 0 Å². The summed E-state index contributed by atoms with van der Waals surface area (Å²) < 4.78 is 0. The van der Waals surface area contributed by atoms with E-state index in [1.165, 1.54) is 4.90 Å². The van der Waals surface area contributed by atoms with Crippen molar-refractivity contribution in [2.75, 3.05) is 39.3 Å². The lowest BCUT2D eigenvalue weighted by molar-refractivity contribution is -0.143. The molecule has 8 nitrogen and oxygen atoms in total. The van der Waals surface area contributed by atoms with Crippen LogP contribution in [-0.4, -0.2) is 83.0 Å². The van der Waals surface area contributed by atoms with Crippen LogP contribution in [0.25, 0.3) is 0 Å². The van der Waals surface area contributed by atoms with Crippen LogP contribution < -0.4 is 5.32 Å². The van der Waals surface area contributed by atoms with Gasteiger partial charge in [0.05, 0.1) is 15.6 Å². The van der Waals surface area contributed by atoms with Gasteiger partial charge in [-0.15, -0.1) is 0 Å². The van der Waals surface area contributed by atoms with Gasteiger partial charge >= 0.3 is 12.0 Å². The maximum atomic E-state index is 13.7. The lowest BCUT2D eigenvalue weighted by atomic mass is 9.76. The Kier molecular flexibility index (Phi) is 10.1. The van der Waals surface area contributed by atoms with Crippen molar-refractivity contribution in [1.82, 2.24) is 20.0 Å². The van der Waals surface area contributed by atoms with Gasteiger partial charge in [0, 0.05) is 43.7 Å². The number of likely N-dealkylation sites (tertiary alicyclic amines) is 3. The van der Waals surface area contributed by atoms with Gasteiger partial charge in [-0.05, 0) is 86.9 Å². The first-order valence-corrected chi connectivity index (χ1v) is 17.3. The molecule has 3 saturated heterocycles. The molecule has 3 amide bonds. The lowest BCUT2D eigenvalue weighted by Crippen LogP contribution is -2.59. The molecule has 0 radical (unpaired) electrons. The van der Waals surface area contributed by atoms with Crippen LogP contribution in [0.5, 0.6) is 0 Å². The summed E-state index contributed by atoms with van der Waals surface area (Å²) in [4.78, 5) is 45.0. The molecule has 0 saturated carbocycles. The SMILES string of the molecule is O=C(O)C1CCCCN1C(=O)NC1(c2ccccc2)CCN(CCC2(c3ccc(Cl)c(Cl)c3)CCN(C(=O)c3ccccc3)C2)CC1. The van der Waals surface area contributed by atoms with Crippen LogP contribution in [0.15, 0.2) is 78.9 Å². The summed E-state index contributed by atoms with van der Waals surface area (Å²) in [6.07, 6.45) is 5.15. The number of hydrogen-bond acceptors (Lipinski definition) is 4. The number of piperidine rings is 2. The molecule has 2 atom stereocenters. The second kappa shape index (κ2) is 14.3. The average Bonchev–Trinajstić information content (AvgIpc) is 3.55. The van der Waals surface area contributed by atoms with Gasteiger partial charge in [0.2, 0.25) is 0 Å². The summed E-state index contributed by atoms with van der Waals surface area (Å²) in [6.45, 7) is 4.05. The molecule has 3 aromatic rings. The number of urea groups is 1. The van der Waals surface area contributed by atoms with E-state index in [9.17, 15) is 19.5 Å². The van der Waals surface area contributed by atoms with Crippen molar-refractivity contribution < 1.29 is 19.5 Å². The quantitative estimate of drug-likeness (QED) is 0.274. The predicted octanol–water partition coefficient (Wildman–Crippen LogP) is 6.81. The average molecular weight is 678 g/mol. The van der Waals surface area contributed by atoms with E-state index in [1.54, 1.807) is 0 Å².